The van der Waals surface area contributed by atoms with E-state index >= 15 is 0 Å². The number of nitrogens with zero attached hydrogens (tertiary/aromatic N) is 2. The zero-order chi connectivity index (χ0) is 12.1. The summed E-state index contributed by atoms with van der Waals surface area (Å²) in [5, 5.41) is 3.16. The first kappa shape index (κ1) is 18.1. The van der Waals surface area contributed by atoms with E-state index in [9.17, 15) is 4.79 Å². The van der Waals surface area contributed by atoms with Crippen LogP contribution in [0.15, 0.2) is 24.5 Å². The molecule has 0 bridgehead atoms. The van der Waals surface area contributed by atoms with Crippen LogP contribution in [0, 0.1) is 0 Å². The number of nitrogens with one attached hydrogen (secondary N) is 1. The van der Waals surface area contributed by atoms with E-state index in [-0.39, 0.29) is 36.8 Å². The van der Waals surface area contributed by atoms with Crippen LogP contribution in [0.25, 0.3) is 0 Å². The van der Waals surface area contributed by atoms with Crippen molar-refractivity contribution in [1.82, 2.24) is 15.2 Å². The summed E-state index contributed by atoms with van der Waals surface area (Å²) in [6.07, 6.45) is 3.46. The lowest BCUT2D eigenvalue weighted by Gasteiger charge is -2.27. The fourth-order valence-electron chi connectivity index (χ4n) is 1.83. The minimum absolute atomic E-state index is 0. The van der Waals surface area contributed by atoms with Crippen LogP contribution in [0.5, 0.6) is 0 Å². The van der Waals surface area contributed by atoms with Crippen LogP contribution in [-0.4, -0.2) is 48.6 Å². The number of hydrogen-bond acceptors (Lipinski definition) is 4. The molecule has 0 radical (unpaired) electrons. The van der Waals surface area contributed by atoms with Gasteiger partial charge >= 0.3 is 0 Å². The molecule has 1 amide bonds. The van der Waals surface area contributed by atoms with Crippen LogP contribution < -0.4 is 5.32 Å². The Morgan fingerprint density at radius 2 is 2.16 bits per heavy atom. The summed E-state index contributed by atoms with van der Waals surface area (Å²) >= 11 is 0. The second-order valence-electron chi connectivity index (χ2n) is 4.13. The molecular formula is C12H19Cl2N3O2. The standard InChI is InChI=1S/C12H17N3O2.2ClH/c1-15(8-10-2-4-13-5-3-10)12(16)11-9-17-7-6-14-11;;/h2-5,11,14H,6-9H2,1H3;2*1H. The number of carbonyl (C=O) groups is 1. The molecule has 1 aromatic heterocycles. The van der Waals surface area contributed by atoms with Crippen molar-refractivity contribution in [2.24, 2.45) is 0 Å². The number of pyridine rings is 1. The number of ether oxygens (including phenoxy) is 1. The molecule has 0 saturated carbocycles. The van der Waals surface area contributed by atoms with Crippen molar-refractivity contribution in [2.75, 3.05) is 26.8 Å². The first-order chi connectivity index (χ1) is 8.27. The Morgan fingerprint density at radius 1 is 1.47 bits per heavy atom. The van der Waals surface area contributed by atoms with Gasteiger partial charge < -0.3 is 15.0 Å². The van der Waals surface area contributed by atoms with E-state index in [0.717, 1.165) is 12.1 Å². The topological polar surface area (TPSA) is 54.5 Å². The van der Waals surface area contributed by atoms with Crippen LogP contribution in [0.4, 0.5) is 0 Å². The summed E-state index contributed by atoms with van der Waals surface area (Å²) in [5.41, 5.74) is 1.08. The molecule has 0 aromatic carbocycles. The number of morpholine rings is 1. The third-order valence-corrected chi connectivity index (χ3v) is 2.77. The highest BCUT2D eigenvalue weighted by Crippen LogP contribution is 2.04. The van der Waals surface area contributed by atoms with Crippen LogP contribution in [0.1, 0.15) is 5.56 Å². The molecule has 1 unspecified atom stereocenters. The monoisotopic (exact) mass is 307 g/mol. The molecule has 2 rings (SSSR count). The van der Waals surface area contributed by atoms with Gasteiger partial charge in [0.2, 0.25) is 5.91 Å². The lowest BCUT2D eigenvalue weighted by molar-refractivity contribution is -0.135. The number of hydrogen-bond donors (Lipinski definition) is 1. The van der Waals surface area contributed by atoms with Crippen molar-refractivity contribution < 1.29 is 9.53 Å². The number of aromatic nitrogens is 1. The maximum Gasteiger partial charge on any atom is 0.242 e. The first-order valence-corrected chi connectivity index (χ1v) is 5.72. The molecule has 0 aliphatic carbocycles. The molecule has 1 aromatic rings. The van der Waals surface area contributed by atoms with Crippen LogP contribution in [-0.2, 0) is 16.1 Å². The minimum Gasteiger partial charge on any atom is -0.378 e. The first-order valence-electron chi connectivity index (χ1n) is 5.72. The minimum atomic E-state index is -0.212. The lowest BCUT2D eigenvalue weighted by atomic mass is 10.2. The average Bonchev–Trinajstić information content (AvgIpc) is 2.40. The van der Waals surface area contributed by atoms with E-state index in [4.69, 9.17) is 4.74 Å². The van der Waals surface area contributed by atoms with Gasteiger partial charge in [-0.2, -0.15) is 0 Å². The fraction of sp³-hybridized carbons (Fsp3) is 0.500. The van der Waals surface area contributed by atoms with E-state index in [2.05, 4.69) is 10.3 Å². The van der Waals surface area contributed by atoms with Crippen molar-refractivity contribution in [1.29, 1.82) is 0 Å². The highest BCUT2D eigenvalue weighted by molar-refractivity contribution is 5.85. The van der Waals surface area contributed by atoms with E-state index in [0.29, 0.717) is 19.8 Å². The average molecular weight is 308 g/mol. The summed E-state index contributed by atoms with van der Waals surface area (Å²) in [6.45, 7) is 2.47. The third kappa shape index (κ3) is 5.32. The van der Waals surface area contributed by atoms with Gasteiger partial charge in [-0.3, -0.25) is 9.78 Å². The van der Waals surface area contributed by atoms with Crippen LogP contribution in [0.2, 0.25) is 0 Å². The molecule has 19 heavy (non-hydrogen) atoms. The van der Waals surface area contributed by atoms with E-state index in [1.807, 2.05) is 12.1 Å². The maximum absolute atomic E-state index is 12.1. The smallest absolute Gasteiger partial charge is 0.242 e. The second kappa shape index (κ2) is 9.09. The molecular weight excluding hydrogens is 289 g/mol. The molecule has 1 atom stereocenters. The number of rotatable bonds is 3. The highest BCUT2D eigenvalue weighted by Gasteiger charge is 2.24. The van der Waals surface area contributed by atoms with E-state index < -0.39 is 0 Å². The Balaban J connectivity index is 0.00000162. The van der Waals surface area contributed by atoms with Crippen molar-refractivity contribution in [2.45, 2.75) is 12.6 Å². The molecule has 1 aliphatic rings. The second-order valence-corrected chi connectivity index (χ2v) is 4.13. The summed E-state index contributed by atoms with van der Waals surface area (Å²) in [7, 11) is 1.80. The maximum atomic E-state index is 12.1. The predicted molar refractivity (Wildman–Crippen MR) is 77.8 cm³/mol. The van der Waals surface area contributed by atoms with Crippen LogP contribution >= 0.6 is 24.8 Å². The van der Waals surface area contributed by atoms with Gasteiger partial charge in [-0.25, -0.2) is 0 Å². The predicted octanol–water partition coefficient (Wildman–Crippen LogP) is 0.872. The lowest BCUT2D eigenvalue weighted by Crippen LogP contribution is -2.51. The molecule has 7 heteroatoms. The Kier molecular flexibility index (Phi) is 8.67. The molecule has 1 N–H and O–H groups in total. The van der Waals surface area contributed by atoms with Gasteiger partial charge in [0, 0.05) is 32.5 Å². The highest BCUT2D eigenvalue weighted by atomic mass is 35.5. The SMILES string of the molecule is CN(Cc1ccncc1)C(=O)C1COCCN1.Cl.Cl. The summed E-state index contributed by atoms with van der Waals surface area (Å²) in [4.78, 5) is 17.7. The van der Waals surface area contributed by atoms with Crippen molar-refractivity contribution >= 4 is 30.7 Å². The third-order valence-electron chi connectivity index (χ3n) is 2.77. The summed E-state index contributed by atoms with van der Waals surface area (Å²) in [6, 6.07) is 3.61. The molecule has 108 valence electrons. The largest absolute Gasteiger partial charge is 0.378 e. The fourth-order valence-corrected chi connectivity index (χ4v) is 1.83. The van der Waals surface area contributed by atoms with E-state index in [1.54, 1.807) is 24.3 Å². The van der Waals surface area contributed by atoms with E-state index in [1.165, 1.54) is 0 Å². The van der Waals surface area contributed by atoms with Gasteiger partial charge in [0.25, 0.3) is 0 Å². The number of halogens is 2. The number of carbonyl (C=O) groups excluding carboxylic acids is 1. The Hall–Kier alpha value is -0.880. The van der Waals surface area contributed by atoms with Gasteiger partial charge in [-0.05, 0) is 17.7 Å². The molecule has 0 spiro atoms. The molecule has 5 nitrogen and oxygen atoms in total. The van der Waals surface area contributed by atoms with Crippen LogP contribution in [0.3, 0.4) is 0 Å². The zero-order valence-corrected chi connectivity index (χ0v) is 12.4. The Morgan fingerprint density at radius 3 is 2.74 bits per heavy atom. The van der Waals surface area contributed by atoms with Gasteiger partial charge in [-0.1, -0.05) is 0 Å². The number of amides is 1. The van der Waals surface area contributed by atoms with Gasteiger partial charge in [0.1, 0.15) is 6.04 Å². The van der Waals surface area contributed by atoms with Crippen molar-refractivity contribution in [3.63, 3.8) is 0 Å². The molecule has 1 fully saturated rings. The zero-order valence-electron chi connectivity index (χ0n) is 10.7. The van der Waals surface area contributed by atoms with Gasteiger partial charge in [-0.15, -0.1) is 24.8 Å². The van der Waals surface area contributed by atoms with Crippen molar-refractivity contribution in [3.8, 4) is 0 Å². The molecule has 2 heterocycles. The quantitative estimate of drug-likeness (QED) is 0.900. The van der Waals surface area contributed by atoms with Gasteiger partial charge in [0.15, 0.2) is 0 Å². The Bertz CT molecular complexity index is 372. The van der Waals surface area contributed by atoms with Gasteiger partial charge in [0.05, 0.1) is 13.2 Å². The normalized spacial score (nSPS) is 17.8. The molecule has 1 saturated heterocycles. The Labute approximate surface area is 125 Å². The summed E-state index contributed by atoms with van der Waals surface area (Å²) in [5.74, 6) is 0.0708. The molecule has 1 aliphatic heterocycles. The summed E-state index contributed by atoms with van der Waals surface area (Å²) < 4.78 is 5.28. The number of likely N-dealkylation sites (N-methyl/N-ethyl adjacent to an activating group) is 1. The van der Waals surface area contributed by atoms with Crippen molar-refractivity contribution in [3.05, 3.63) is 30.1 Å².